The minimum absolute atomic E-state index is 0.291. The molecule has 1 unspecified atom stereocenters. The highest BCUT2D eigenvalue weighted by Gasteiger charge is 2.14. The van der Waals surface area contributed by atoms with Crippen LogP contribution in [0.3, 0.4) is 0 Å². The lowest BCUT2D eigenvalue weighted by molar-refractivity contribution is -0.121. The van der Waals surface area contributed by atoms with Crippen molar-refractivity contribution in [2.75, 3.05) is 13.1 Å². The van der Waals surface area contributed by atoms with E-state index in [4.69, 9.17) is 0 Å². The van der Waals surface area contributed by atoms with E-state index in [0.29, 0.717) is 12.5 Å². The third-order valence-electron chi connectivity index (χ3n) is 2.38. The molecule has 5 heteroatoms. The van der Waals surface area contributed by atoms with Gasteiger partial charge in [0.1, 0.15) is 0 Å². The van der Waals surface area contributed by atoms with Crippen molar-refractivity contribution in [3.05, 3.63) is 0 Å². The molecular formula is C12H25N3O2. The Bertz CT molecular complexity index is 242. The Morgan fingerprint density at radius 2 is 1.82 bits per heavy atom. The molecule has 0 aromatic rings. The average molecular weight is 243 g/mol. The van der Waals surface area contributed by atoms with Crippen LogP contribution in [0.4, 0.5) is 4.79 Å². The standard InChI is InChI=1S/C12H25N3O2/c1-5-13-12(17)15-11(16)10(4)14-8-6-7-9(2)3/h9-10,14H,5-8H2,1-4H3,(H2,13,15,16,17). The summed E-state index contributed by atoms with van der Waals surface area (Å²) in [6.45, 7) is 9.20. The lowest BCUT2D eigenvalue weighted by atomic mass is 10.1. The molecule has 3 N–H and O–H groups in total. The largest absolute Gasteiger partial charge is 0.338 e. The molecule has 0 aromatic carbocycles. The molecule has 0 heterocycles. The molecule has 100 valence electrons. The fraction of sp³-hybridized carbons (Fsp3) is 0.833. The van der Waals surface area contributed by atoms with E-state index in [1.165, 1.54) is 0 Å². The van der Waals surface area contributed by atoms with Gasteiger partial charge in [-0.3, -0.25) is 10.1 Å². The molecular weight excluding hydrogens is 218 g/mol. The van der Waals surface area contributed by atoms with Crippen molar-refractivity contribution in [3.8, 4) is 0 Å². The Morgan fingerprint density at radius 1 is 1.18 bits per heavy atom. The van der Waals surface area contributed by atoms with Crippen molar-refractivity contribution in [2.24, 2.45) is 5.92 Å². The summed E-state index contributed by atoms with van der Waals surface area (Å²) < 4.78 is 0. The monoisotopic (exact) mass is 243 g/mol. The van der Waals surface area contributed by atoms with E-state index < -0.39 is 6.03 Å². The molecule has 3 amide bonds. The molecule has 0 spiro atoms. The van der Waals surface area contributed by atoms with Crippen molar-refractivity contribution in [2.45, 2.75) is 46.6 Å². The first-order chi connectivity index (χ1) is 7.97. The number of hydrogen-bond donors (Lipinski definition) is 3. The van der Waals surface area contributed by atoms with Crippen LogP contribution in [0.15, 0.2) is 0 Å². The van der Waals surface area contributed by atoms with Gasteiger partial charge >= 0.3 is 6.03 Å². The Hall–Kier alpha value is -1.10. The summed E-state index contributed by atoms with van der Waals surface area (Å²) in [7, 11) is 0. The van der Waals surface area contributed by atoms with E-state index in [9.17, 15) is 9.59 Å². The first-order valence-corrected chi connectivity index (χ1v) is 6.29. The third kappa shape index (κ3) is 8.68. The van der Waals surface area contributed by atoms with Crippen molar-refractivity contribution in [1.29, 1.82) is 0 Å². The summed E-state index contributed by atoms with van der Waals surface area (Å²) >= 11 is 0. The van der Waals surface area contributed by atoms with E-state index in [0.717, 1.165) is 19.4 Å². The van der Waals surface area contributed by atoms with Gasteiger partial charge in [-0.2, -0.15) is 0 Å². The molecule has 0 aliphatic rings. The van der Waals surface area contributed by atoms with Crippen LogP contribution >= 0.6 is 0 Å². The predicted octanol–water partition coefficient (Wildman–Crippen LogP) is 1.25. The van der Waals surface area contributed by atoms with E-state index in [1.54, 1.807) is 13.8 Å². The van der Waals surface area contributed by atoms with Gasteiger partial charge in [0.2, 0.25) is 5.91 Å². The maximum absolute atomic E-state index is 11.5. The topological polar surface area (TPSA) is 70.2 Å². The lowest BCUT2D eigenvalue weighted by Crippen LogP contribution is -2.48. The SMILES string of the molecule is CCNC(=O)NC(=O)C(C)NCCCC(C)C. The zero-order valence-corrected chi connectivity index (χ0v) is 11.3. The van der Waals surface area contributed by atoms with Crippen molar-refractivity contribution in [1.82, 2.24) is 16.0 Å². The first kappa shape index (κ1) is 15.9. The predicted molar refractivity (Wildman–Crippen MR) is 68.8 cm³/mol. The quantitative estimate of drug-likeness (QED) is 0.589. The Labute approximate surface area is 104 Å². The van der Waals surface area contributed by atoms with Crippen LogP contribution in [0.5, 0.6) is 0 Å². The summed E-state index contributed by atoms with van der Waals surface area (Å²) in [6, 6.07) is -0.780. The van der Waals surface area contributed by atoms with Crippen LogP contribution in [0.2, 0.25) is 0 Å². The maximum atomic E-state index is 11.5. The normalized spacial score (nSPS) is 12.3. The highest BCUT2D eigenvalue weighted by Crippen LogP contribution is 2.01. The molecule has 0 radical (unpaired) electrons. The fourth-order valence-electron chi connectivity index (χ4n) is 1.35. The van der Waals surface area contributed by atoms with Crippen molar-refractivity contribution >= 4 is 11.9 Å². The van der Waals surface area contributed by atoms with Crippen LogP contribution in [-0.2, 0) is 4.79 Å². The fourth-order valence-corrected chi connectivity index (χ4v) is 1.35. The van der Waals surface area contributed by atoms with Gasteiger partial charge in [0.25, 0.3) is 0 Å². The maximum Gasteiger partial charge on any atom is 0.321 e. The molecule has 0 aliphatic heterocycles. The summed E-state index contributed by atoms with van der Waals surface area (Å²) in [5.41, 5.74) is 0. The van der Waals surface area contributed by atoms with Crippen LogP contribution in [0.1, 0.15) is 40.5 Å². The Kier molecular flexibility index (Phi) is 8.40. The second-order valence-electron chi connectivity index (χ2n) is 4.56. The zero-order chi connectivity index (χ0) is 13.3. The number of nitrogens with one attached hydrogen (secondary N) is 3. The minimum Gasteiger partial charge on any atom is -0.338 e. The number of amides is 3. The zero-order valence-electron chi connectivity index (χ0n) is 11.3. The lowest BCUT2D eigenvalue weighted by Gasteiger charge is -2.13. The van der Waals surface area contributed by atoms with Crippen molar-refractivity contribution in [3.63, 3.8) is 0 Å². The second-order valence-corrected chi connectivity index (χ2v) is 4.56. The third-order valence-corrected chi connectivity index (χ3v) is 2.38. The summed E-state index contributed by atoms with van der Waals surface area (Å²) in [5, 5.41) is 7.89. The number of carbonyl (C=O) groups excluding carboxylic acids is 2. The molecule has 0 saturated carbocycles. The van der Waals surface area contributed by atoms with Gasteiger partial charge in [0, 0.05) is 6.54 Å². The van der Waals surface area contributed by atoms with E-state index in [2.05, 4.69) is 29.8 Å². The molecule has 0 saturated heterocycles. The highest BCUT2D eigenvalue weighted by atomic mass is 16.2. The summed E-state index contributed by atoms with van der Waals surface area (Å²) in [6.07, 6.45) is 2.17. The number of imide groups is 1. The van der Waals surface area contributed by atoms with Gasteiger partial charge in [0.05, 0.1) is 6.04 Å². The average Bonchev–Trinajstić information content (AvgIpc) is 2.23. The van der Waals surface area contributed by atoms with E-state index >= 15 is 0 Å². The highest BCUT2D eigenvalue weighted by molar-refractivity contribution is 5.96. The number of carbonyl (C=O) groups is 2. The van der Waals surface area contributed by atoms with E-state index in [1.807, 2.05) is 0 Å². The minimum atomic E-state index is -0.437. The molecule has 17 heavy (non-hydrogen) atoms. The van der Waals surface area contributed by atoms with Gasteiger partial charge < -0.3 is 10.6 Å². The molecule has 0 rings (SSSR count). The summed E-state index contributed by atoms with van der Waals surface area (Å²) in [5.74, 6) is 0.386. The molecule has 1 atom stereocenters. The van der Waals surface area contributed by atoms with Gasteiger partial charge in [-0.05, 0) is 39.2 Å². The van der Waals surface area contributed by atoms with Crippen LogP contribution in [0.25, 0.3) is 0 Å². The van der Waals surface area contributed by atoms with Crippen molar-refractivity contribution < 1.29 is 9.59 Å². The molecule has 0 aliphatic carbocycles. The smallest absolute Gasteiger partial charge is 0.321 e. The van der Waals surface area contributed by atoms with E-state index in [-0.39, 0.29) is 11.9 Å². The van der Waals surface area contributed by atoms with Gasteiger partial charge in [-0.25, -0.2) is 4.79 Å². The molecule has 0 fully saturated rings. The molecule has 0 bridgehead atoms. The number of urea groups is 1. The van der Waals surface area contributed by atoms with Crippen LogP contribution in [-0.4, -0.2) is 31.1 Å². The summed E-state index contributed by atoms with van der Waals surface area (Å²) in [4.78, 5) is 22.6. The van der Waals surface area contributed by atoms with Gasteiger partial charge in [-0.1, -0.05) is 13.8 Å². The first-order valence-electron chi connectivity index (χ1n) is 6.29. The number of hydrogen-bond acceptors (Lipinski definition) is 3. The van der Waals surface area contributed by atoms with Gasteiger partial charge in [0.15, 0.2) is 0 Å². The van der Waals surface area contributed by atoms with Gasteiger partial charge in [-0.15, -0.1) is 0 Å². The Balaban J connectivity index is 3.71. The second kappa shape index (κ2) is 8.98. The molecule has 0 aromatic heterocycles. The molecule has 5 nitrogen and oxygen atoms in total. The number of rotatable bonds is 7. The van der Waals surface area contributed by atoms with Crippen LogP contribution in [0, 0.1) is 5.92 Å². The van der Waals surface area contributed by atoms with Crippen LogP contribution < -0.4 is 16.0 Å². The Morgan fingerprint density at radius 3 is 2.35 bits per heavy atom.